The molecule has 0 N–H and O–H groups in total. The van der Waals surface area contributed by atoms with E-state index in [2.05, 4.69) is 26.8 Å². The van der Waals surface area contributed by atoms with E-state index in [0.29, 0.717) is 5.56 Å². The van der Waals surface area contributed by atoms with Gasteiger partial charge in [-0.25, -0.2) is 0 Å². The molecule has 82 valence electrons. The van der Waals surface area contributed by atoms with Crippen molar-refractivity contribution in [3.05, 3.63) is 33.4 Å². The molecule has 0 radical (unpaired) electrons. The average Bonchev–Trinajstić information content (AvgIpc) is 2.06. The van der Waals surface area contributed by atoms with Gasteiger partial charge in [0.25, 0.3) is 0 Å². The summed E-state index contributed by atoms with van der Waals surface area (Å²) in [7, 11) is -3.80. The van der Waals surface area contributed by atoms with Gasteiger partial charge in [-0.05, 0) is 40.3 Å². The normalized spacial score (nSPS) is 11.1. The van der Waals surface area contributed by atoms with Gasteiger partial charge in [-0.1, -0.05) is 12.1 Å². The lowest BCUT2D eigenvalue weighted by Crippen LogP contribution is -2.12. The summed E-state index contributed by atoms with van der Waals surface area (Å²) in [5.41, 5.74) is 0.594. The van der Waals surface area contributed by atoms with Gasteiger partial charge in [-0.15, -0.1) is 0 Å². The SMILES string of the molecule is CC(=O)OS(=O)(=O)Cc1ccc(I)cc1. The molecular formula is C9H9IO4S. The number of carbonyl (C=O) groups excluding carboxylic acids is 1. The van der Waals surface area contributed by atoms with E-state index in [1.807, 2.05) is 0 Å². The minimum atomic E-state index is -3.80. The third-order valence-electron chi connectivity index (χ3n) is 1.50. The van der Waals surface area contributed by atoms with Crippen molar-refractivity contribution >= 4 is 38.7 Å². The third kappa shape index (κ3) is 4.61. The van der Waals surface area contributed by atoms with E-state index in [-0.39, 0.29) is 5.75 Å². The molecule has 0 aromatic heterocycles. The minimum Gasteiger partial charge on any atom is -0.346 e. The zero-order valence-electron chi connectivity index (χ0n) is 7.94. The second-order valence-electron chi connectivity index (χ2n) is 2.90. The Kier molecular flexibility index (Phi) is 4.09. The van der Waals surface area contributed by atoms with Crippen LogP contribution in [-0.2, 0) is 24.8 Å². The van der Waals surface area contributed by atoms with Crippen LogP contribution in [-0.4, -0.2) is 14.4 Å². The molecule has 0 unspecified atom stereocenters. The van der Waals surface area contributed by atoms with Crippen molar-refractivity contribution in [2.24, 2.45) is 0 Å². The van der Waals surface area contributed by atoms with E-state index >= 15 is 0 Å². The lowest BCUT2D eigenvalue weighted by atomic mass is 10.2. The summed E-state index contributed by atoms with van der Waals surface area (Å²) in [6, 6.07) is 6.95. The van der Waals surface area contributed by atoms with Crippen LogP contribution in [0.4, 0.5) is 0 Å². The highest BCUT2D eigenvalue weighted by atomic mass is 127. The number of carbonyl (C=O) groups is 1. The van der Waals surface area contributed by atoms with Crippen molar-refractivity contribution in [2.45, 2.75) is 12.7 Å². The van der Waals surface area contributed by atoms with Crippen LogP contribution in [0.3, 0.4) is 0 Å². The lowest BCUT2D eigenvalue weighted by molar-refractivity contribution is -0.131. The Labute approximate surface area is 102 Å². The van der Waals surface area contributed by atoms with Crippen molar-refractivity contribution in [1.29, 1.82) is 0 Å². The van der Waals surface area contributed by atoms with Crippen LogP contribution in [0, 0.1) is 3.57 Å². The highest BCUT2D eigenvalue weighted by Crippen LogP contribution is 2.11. The highest BCUT2D eigenvalue weighted by molar-refractivity contribution is 14.1. The quantitative estimate of drug-likeness (QED) is 0.621. The third-order valence-corrected chi connectivity index (χ3v) is 3.40. The molecule has 0 bridgehead atoms. The molecule has 0 spiro atoms. The highest BCUT2D eigenvalue weighted by Gasteiger charge is 2.14. The van der Waals surface area contributed by atoms with E-state index in [1.165, 1.54) is 0 Å². The molecule has 0 aliphatic heterocycles. The number of hydrogen-bond donors (Lipinski definition) is 0. The van der Waals surface area contributed by atoms with Crippen LogP contribution in [0.5, 0.6) is 0 Å². The summed E-state index contributed by atoms with van der Waals surface area (Å²) in [6.07, 6.45) is 0. The van der Waals surface area contributed by atoms with Gasteiger partial charge < -0.3 is 4.18 Å². The molecule has 0 fully saturated rings. The smallest absolute Gasteiger partial charge is 0.319 e. The Morgan fingerprint density at radius 2 is 1.87 bits per heavy atom. The summed E-state index contributed by atoms with van der Waals surface area (Å²) in [5, 5.41) is 0. The Balaban J connectivity index is 2.78. The first-order chi connectivity index (χ1) is 6.89. The van der Waals surface area contributed by atoms with E-state index in [1.54, 1.807) is 24.3 Å². The van der Waals surface area contributed by atoms with Crippen LogP contribution in [0.2, 0.25) is 0 Å². The molecule has 0 atom stereocenters. The largest absolute Gasteiger partial charge is 0.346 e. The van der Waals surface area contributed by atoms with Gasteiger partial charge in [0, 0.05) is 10.5 Å². The summed E-state index contributed by atoms with van der Waals surface area (Å²) in [4.78, 5) is 10.5. The Morgan fingerprint density at radius 1 is 1.33 bits per heavy atom. The fraction of sp³-hybridized carbons (Fsp3) is 0.222. The fourth-order valence-electron chi connectivity index (χ4n) is 0.993. The Hall–Kier alpha value is -0.630. The molecule has 1 aromatic rings. The average molecular weight is 340 g/mol. The van der Waals surface area contributed by atoms with Crippen LogP contribution < -0.4 is 0 Å². The minimum absolute atomic E-state index is 0.288. The maximum atomic E-state index is 11.3. The van der Waals surface area contributed by atoms with Gasteiger partial charge in [0.05, 0.1) is 0 Å². The Bertz CT molecular complexity index is 450. The predicted molar refractivity (Wildman–Crippen MR) is 63.5 cm³/mol. The van der Waals surface area contributed by atoms with Crippen molar-refractivity contribution in [1.82, 2.24) is 0 Å². The zero-order chi connectivity index (χ0) is 11.5. The number of hydrogen-bond acceptors (Lipinski definition) is 4. The standard InChI is InChI=1S/C9H9IO4S/c1-7(11)14-15(12,13)6-8-2-4-9(10)5-3-8/h2-5H,6H2,1H3. The molecule has 1 rings (SSSR count). The van der Waals surface area contributed by atoms with Gasteiger partial charge in [0.15, 0.2) is 0 Å². The van der Waals surface area contributed by atoms with E-state index < -0.39 is 16.1 Å². The predicted octanol–water partition coefficient (Wildman–Crippen LogP) is 1.68. The van der Waals surface area contributed by atoms with Crippen molar-refractivity contribution < 1.29 is 17.4 Å². The second-order valence-corrected chi connectivity index (χ2v) is 5.72. The first kappa shape index (κ1) is 12.4. The molecule has 0 aliphatic carbocycles. The van der Waals surface area contributed by atoms with Gasteiger partial charge in [-0.3, -0.25) is 4.79 Å². The number of halogens is 1. The summed E-state index contributed by atoms with van der Waals surface area (Å²) < 4.78 is 27.7. The monoisotopic (exact) mass is 340 g/mol. The summed E-state index contributed by atoms with van der Waals surface area (Å²) in [5.74, 6) is -1.11. The fourth-order valence-corrected chi connectivity index (χ4v) is 2.37. The van der Waals surface area contributed by atoms with E-state index in [9.17, 15) is 13.2 Å². The molecule has 0 saturated heterocycles. The molecule has 1 aromatic carbocycles. The molecule has 0 aliphatic rings. The van der Waals surface area contributed by atoms with Crippen LogP contribution >= 0.6 is 22.6 Å². The number of rotatable bonds is 3. The van der Waals surface area contributed by atoms with Gasteiger partial charge in [0.1, 0.15) is 5.75 Å². The molecule has 0 amide bonds. The maximum Gasteiger partial charge on any atom is 0.319 e. The molecule has 0 saturated carbocycles. The maximum absolute atomic E-state index is 11.3. The summed E-state index contributed by atoms with van der Waals surface area (Å²) >= 11 is 2.12. The topological polar surface area (TPSA) is 60.4 Å². The lowest BCUT2D eigenvalue weighted by Gasteiger charge is -2.03. The van der Waals surface area contributed by atoms with Crippen LogP contribution in [0.1, 0.15) is 12.5 Å². The first-order valence-electron chi connectivity index (χ1n) is 4.06. The van der Waals surface area contributed by atoms with E-state index in [0.717, 1.165) is 10.5 Å². The van der Waals surface area contributed by atoms with Gasteiger partial charge in [-0.2, -0.15) is 8.42 Å². The number of benzene rings is 1. The molecule has 4 nitrogen and oxygen atoms in total. The molecule has 0 heterocycles. The van der Waals surface area contributed by atoms with Crippen molar-refractivity contribution in [3.63, 3.8) is 0 Å². The second kappa shape index (κ2) is 4.93. The zero-order valence-corrected chi connectivity index (χ0v) is 10.9. The molecular weight excluding hydrogens is 331 g/mol. The van der Waals surface area contributed by atoms with E-state index in [4.69, 9.17) is 0 Å². The van der Waals surface area contributed by atoms with Crippen LogP contribution in [0.15, 0.2) is 24.3 Å². The van der Waals surface area contributed by atoms with Gasteiger partial charge >= 0.3 is 16.1 Å². The van der Waals surface area contributed by atoms with Gasteiger partial charge in [0.2, 0.25) is 0 Å². The first-order valence-corrected chi connectivity index (χ1v) is 6.72. The van der Waals surface area contributed by atoms with Crippen molar-refractivity contribution in [3.8, 4) is 0 Å². The van der Waals surface area contributed by atoms with Crippen LogP contribution in [0.25, 0.3) is 0 Å². The van der Waals surface area contributed by atoms with Crippen molar-refractivity contribution in [2.75, 3.05) is 0 Å². The Morgan fingerprint density at radius 3 is 2.33 bits per heavy atom. The molecule has 6 heteroatoms. The molecule has 15 heavy (non-hydrogen) atoms. The summed E-state index contributed by atoms with van der Waals surface area (Å²) in [6.45, 7) is 1.06.